The van der Waals surface area contributed by atoms with E-state index in [1.54, 1.807) is 29.2 Å². The summed E-state index contributed by atoms with van der Waals surface area (Å²) in [7, 11) is 0. The van der Waals surface area contributed by atoms with Gasteiger partial charge in [0.15, 0.2) is 5.69 Å². The Labute approximate surface area is 185 Å². The molecule has 0 radical (unpaired) electrons. The Morgan fingerprint density at radius 1 is 1.15 bits per heavy atom. The number of aromatic nitrogens is 5. The van der Waals surface area contributed by atoms with Crippen molar-refractivity contribution >= 4 is 22.8 Å². The molecule has 0 saturated heterocycles. The molecule has 176 valence electrons. The second-order valence-corrected chi connectivity index (χ2v) is 8.15. The number of carbonyl (C=O) groups excluding carboxylic acids is 2. The van der Waals surface area contributed by atoms with Gasteiger partial charge in [-0.2, -0.15) is 13.2 Å². The highest BCUT2D eigenvalue weighted by Crippen LogP contribution is 2.31. The third kappa shape index (κ3) is 4.53. The number of hydrogen-bond donors (Lipinski definition) is 4. The molecule has 0 aliphatic heterocycles. The van der Waals surface area contributed by atoms with Gasteiger partial charge in [-0.1, -0.05) is 0 Å². The molecule has 1 saturated carbocycles. The maximum Gasteiger partial charge on any atom is 0.426 e. The minimum absolute atomic E-state index is 0.158. The van der Waals surface area contributed by atoms with E-state index in [0.717, 1.165) is 0 Å². The van der Waals surface area contributed by atoms with Gasteiger partial charge in [-0.3, -0.25) is 14.2 Å². The van der Waals surface area contributed by atoms with Crippen molar-refractivity contribution < 1.29 is 27.9 Å². The molecule has 10 nitrogen and oxygen atoms in total. The van der Waals surface area contributed by atoms with Crippen molar-refractivity contribution in [3.8, 4) is 5.95 Å². The minimum atomic E-state index is -5.07. The third-order valence-electron chi connectivity index (χ3n) is 5.74. The number of amides is 2. The van der Waals surface area contributed by atoms with Crippen LogP contribution in [0.1, 0.15) is 43.1 Å². The molecular formula is C20H22F3N7O3. The van der Waals surface area contributed by atoms with Crippen LogP contribution < -0.4 is 10.6 Å². The zero-order chi connectivity index (χ0) is 23.8. The topological polar surface area (TPSA) is 138 Å². The molecule has 33 heavy (non-hydrogen) atoms. The average molecular weight is 465 g/mol. The molecule has 0 aromatic carbocycles. The van der Waals surface area contributed by atoms with E-state index in [1.165, 1.54) is 6.33 Å². The van der Waals surface area contributed by atoms with Crippen LogP contribution in [0.25, 0.3) is 17.0 Å². The smallest absolute Gasteiger partial charge is 0.373 e. The predicted octanol–water partition coefficient (Wildman–Crippen LogP) is 1.61. The first-order valence-corrected chi connectivity index (χ1v) is 10.3. The summed E-state index contributed by atoms with van der Waals surface area (Å²) in [5.74, 6) is -1.61. The molecule has 2 amide bonds. The van der Waals surface area contributed by atoms with Gasteiger partial charge in [0.05, 0.1) is 11.0 Å². The van der Waals surface area contributed by atoms with Gasteiger partial charge in [-0.05, 0) is 38.7 Å². The lowest BCUT2D eigenvalue weighted by Crippen LogP contribution is -2.57. The Hall–Kier alpha value is -3.48. The maximum atomic E-state index is 13.0. The summed E-state index contributed by atoms with van der Waals surface area (Å²) in [6, 6.07) is 0.949. The molecule has 13 heteroatoms. The summed E-state index contributed by atoms with van der Waals surface area (Å²) in [5.41, 5.74) is -2.27. The summed E-state index contributed by atoms with van der Waals surface area (Å²) in [6.45, 7) is 0.426. The first-order chi connectivity index (χ1) is 15.6. The van der Waals surface area contributed by atoms with Crippen LogP contribution in [0.15, 0.2) is 31.0 Å². The van der Waals surface area contributed by atoms with E-state index in [4.69, 9.17) is 0 Å². The fourth-order valence-corrected chi connectivity index (χ4v) is 3.68. The highest BCUT2D eigenvalue weighted by Gasteiger charge is 2.56. The van der Waals surface area contributed by atoms with Crippen molar-refractivity contribution in [1.82, 2.24) is 35.1 Å². The normalized spacial score (nSPS) is 20.9. The van der Waals surface area contributed by atoms with Crippen LogP contribution in [0, 0.1) is 0 Å². The van der Waals surface area contributed by atoms with Gasteiger partial charge >= 0.3 is 6.18 Å². The zero-order valence-corrected chi connectivity index (χ0v) is 17.6. The fourth-order valence-electron chi connectivity index (χ4n) is 3.68. The van der Waals surface area contributed by atoms with Crippen molar-refractivity contribution in [1.29, 1.82) is 0 Å². The number of alkyl halides is 3. The minimum Gasteiger partial charge on any atom is -0.373 e. The van der Waals surface area contributed by atoms with Crippen LogP contribution in [-0.2, 0) is 4.79 Å². The Kier molecular flexibility index (Phi) is 5.82. The number of hydrogen-bond acceptors (Lipinski definition) is 6. The van der Waals surface area contributed by atoms with Crippen molar-refractivity contribution in [2.75, 3.05) is 0 Å². The van der Waals surface area contributed by atoms with E-state index in [0.29, 0.717) is 43.6 Å². The molecule has 4 N–H and O–H groups in total. The molecule has 1 fully saturated rings. The van der Waals surface area contributed by atoms with Crippen LogP contribution in [0.3, 0.4) is 0 Å². The number of aromatic amines is 1. The zero-order valence-electron chi connectivity index (χ0n) is 17.6. The van der Waals surface area contributed by atoms with E-state index in [2.05, 4.69) is 30.6 Å². The Morgan fingerprint density at radius 3 is 2.42 bits per heavy atom. The summed E-state index contributed by atoms with van der Waals surface area (Å²) in [5, 5.41) is 14.7. The van der Waals surface area contributed by atoms with E-state index in [-0.39, 0.29) is 17.7 Å². The van der Waals surface area contributed by atoms with Gasteiger partial charge < -0.3 is 20.7 Å². The van der Waals surface area contributed by atoms with Crippen molar-refractivity contribution in [2.24, 2.45) is 0 Å². The number of halogens is 3. The second kappa shape index (κ2) is 8.46. The lowest BCUT2D eigenvalue weighted by molar-refractivity contribution is -0.245. The number of fused-ring (bicyclic) bond motifs is 1. The first-order valence-electron chi connectivity index (χ1n) is 10.3. The number of nitrogens with one attached hydrogen (secondary N) is 3. The Morgan fingerprint density at radius 2 is 1.82 bits per heavy atom. The molecule has 0 spiro atoms. The third-order valence-corrected chi connectivity index (χ3v) is 5.74. The summed E-state index contributed by atoms with van der Waals surface area (Å²) in [6.07, 6.45) is 2.91. The number of aliphatic hydroxyl groups is 1. The molecule has 1 atom stereocenters. The molecule has 3 heterocycles. The van der Waals surface area contributed by atoms with Crippen LogP contribution >= 0.6 is 0 Å². The molecule has 4 rings (SSSR count). The van der Waals surface area contributed by atoms with E-state index >= 15 is 0 Å². The summed E-state index contributed by atoms with van der Waals surface area (Å²) >= 11 is 0. The van der Waals surface area contributed by atoms with Crippen LogP contribution in [0.4, 0.5) is 13.2 Å². The molecular weight excluding hydrogens is 443 g/mol. The quantitative estimate of drug-likeness (QED) is 0.452. The van der Waals surface area contributed by atoms with Gasteiger partial charge in [0.1, 0.15) is 6.33 Å². The molecule has 3 aromatic heterocycles. The lowest BCUT2D eigenvalue weighted by Gasteiger charge is -2.32. The van der Waals surface area contributed by atoms with Gasteiger partial charge in [0, 0.05) is 30.7 Å². The number of carbonyl (C=O) groups is 2. The number of nitrogens with zero attached hydrogens (tertiary/aromatic N) is 4. The van der Waals surface area contributed by atoms with Gasteiger partial charge in [0.25, 0.3) is 11.8 Å². The number of rotatable bonds is 5. The average Bonchev–Trinajstić information content (AvgIpc) is 3.45. The van der Waals surface area contributed by atoms with Crippen LogP contribution in [0.2, 0.25) is 0 Å². The molecule has 1 aliphatic carbocycles. The highest BCUT2D eigenvalue weighted by molar-refractivity contribution is 6.03. The van der Waals surface area contributed by atoms with E-state index in [9.17, 15) is 27.9 Å². The van der Waals surface area contributed by atoms with Crippen molar-refractivity contribution in [2.45, 2.75) is 56.5 Å². The number of imidazole rings is 1. The fraction of sp³-hybridized carbons (Fsp3) is 0.450. The van der Waals surface area contributed by atoms with Gasteiger partial charge in [-0.15, -0.1) is 0 Å². The second-order valence-electron chi connectivity index (χ2n) is 8.15. The largest absolute Gasteiger partial charge is 0.426 e. The maximum absolute atomic E-state index is 13.0. The lowest BCUT2D eigenvalue weighted by atomic mass is 9.90. The Balaban J connectivity index is 1.40. The monoisotopic (exact) mass is 465 g/mol. The predicted molar refractivity (Wildman–Crippen MR) is 109 cm³/mol. The van der Waals surface area contributed by atoms with Crippen molar-refractivity contribution in [3.05, 3.63) is 36.7 Å². The molecule has 3 aromatic rings. The van der Waals surface area contributed by atoms with Gasteiger partial charge in [-0.25, -0.2) is 15.0 Å². The van der Waals surface area contributed by atoms with E-state index in [1.807, 2.05) is 0 Å². The number of H-pyrrole nitrogens is 1. The van der Waals surface area contributed by atoms with Crippen LogP contribution in [0.5, 0.6) is 0 Å². The molecule has 1 aliphatic rings. The SMILES string of the molecule is C[C@@](O)(C(=O)N[C@H]1CC[C@H](NC(=O)c2nc(-n3ccnc3)nc3cc[nH]c23)CC1)C(F)(F)F. The van der Waals surface area contributed by atoms with E-state index < -0.39 is 29.6 Å². The van der Waals surface area contributed by atoms with Crippen molar-refractivity contribution in [3.63, 3.8) is 0 Å². The highest BCUT2D eigenvalue weighted by atomic mass is 19.4. The Bertz CT molecular complexity index is 1150. The van der Waals surface area contributed by atoms with Crippen LogP contribution in [-0.4, -0.2) is 65.3 Å². The molecule has 0 unspecified atom stereocenters. The summed E-state index contributed by atoms with van der Waals surface area (Å²) in [4.78, 5) is 40.5. The summed E-state index contributed by atoms with van der Waals surface area (Å²) < 4.78 is 40.1. The first kappa shape index (κ1) is 22.7. The van der Waals surface area contributed by atoms with Gasteiger partial charge in [0.2, 0.25) is 11.5 Å². The molecule has 0 bridgehead atoms. The standard InChI is InChI=1S/C20H22F3N7O3/c1-19(33,20(21,22)23)17(32)27-12-4-2-11(3-5-12)26-16(31)15-14-13(6-7-25-14)28-18(29-15)30-9-8-24-10-30/h6-12,25,33H,2-5H2,1H3,(H,26,31)(H,27,32)/t11-,12-,19-/m1/s1.